The summed E-state index contributed by atoms with van der Waals surface area (Å²) in [5, 5.41) is 10.7. The number of alkyl halides is 2. The molecule has 2 nitrogen and oxygen atoms in total. The van der Waals surface area contributed by atoms with E-state index in [-0.39, 0.29) is 18.7 Å². The monoisotopic (exact) mass is 230 g/mol. The molecule has 92 valence electrons. The normalized spacial score (nSPS) is 26.2. The quantitative estimate of drug-likeness (QED) is 0.718. The van der Waals surface area contributed by atoms with Crippen molar-refractivity contribution in [2.45, 2.75) is 39.5 Å². The number of nitrogens with one attached hydrogen (secondary N) is 2. The summed E-state index contributed by atoms with van der Waals surface area (Å²) in [6.07, 6.45) is 0.587. The molecule has 16 heavy (non-hydrogen) atoms. The summed E-state index contributed by atoms with van der Waals surface area (Å²) in [5.74, 6) is -3.52. The van der Waals surface area contributed by atoms with Crippen LogP contribution in [0, 0.1) is 11.3 Å². The van der Waals surface area contributed by atoms with Crippen LogP contribution in [0.4, 0.5) is 8.78 Å². The molecule has 1 fully saturated rings. The third kappa shape index (κ3) is 2.67. The minimum Gasteiger partial charge on any atom is -0.316 e. The molecule has 2 N–H and O–H groups in total. The van der Waals surface area contributed by atoms with E-state index in [1.54, 1.807) is 6.92 Å². The Morgan fingerprint density at radius 1 is 1.44 bits per heavy atom. The van der Waals surface area contributed by atoms with Gasteiger partial charge in [-0.2, -0.15) is 0 Å². The molecule has 1 aliphatic rings. The average molecular weight is 230 g/mol. The molecule has 0 aromatic heterocycles. The van der Waals surface area contributed by atoms with E-state index in [1.807, 2.05) is 13.8 Å². The van der Waals surface area contributed by atoms with E-state index >= 15 is 0 Å². The molecule has 0 aromatic carbocycles. The number of halogens is 2. The maximum absolute atomic E-state index is 13.8. The van der Waals surface area contributed by atoms with Gasteiger partial charge < -0.3 is 10.7 Å². The molecule has 0 aliphatic carbocycles. The summed E-state index contributed by atoms with van der Waals surface area (Å²) in [6, 6.07) is 0. The molecule has 0 bridgehead atoms. The highest BCUT2D eigenvalue weighted by atomic mass is 19.3. The van der Waals surface area contributed by atoms with Crippen LogP contribution < -0.4 is 5.32 Å². The zero-order valence-corrected chi connectivity index (χ0v) is 10.2. The van der Waals surface area contributed by atoms with Gasteiger partial charge >= 0.3 is 0 Å². The molecule has 4 heteroatoms. The molecule has 0 radical (unpaired) electrons. The van der Waals surface area contributed by atoms with Gasteiger partial charge in [0.15, 0.2) is 0 Å². The molecule has 0 saturated carbocycles. The van der Waals surface area contributed by atoms with Crippen molar-refractivity contribution >= 4 is 5.71 Å². The second-order valence-electron chi connectivity index (χ2n) is 4.44. The van der Waals surface area contributed by atoms with Gasteiger partial charge in [-0.15, -0.1) is 0 Å². The highest BCUT2D eigenvalue weighted by Crippen LogP contribution is 2.37. The fourth-order valence-electron chi connectivity index (χ4n) is 2.21. The summed E-state index contributed by atoms with van der Waals surface area (Å²) in [5.41, 5.74) is 1.72. The van der Waals surface area contributed by atoms with Gasteiger partial charge in [0.1, 0.15) is 0 Å². The number of rotatable bonds is 3. The predicted molar refractivity (Wildman–Crippen MR) is 62.3 cm³/mol. The van der Waals surface area contributed by atoms with E-state index in [9.17, 15) is 8.78 Å². The Morgan fingerprint density at radius 2 is 2.06 bits per heavy atom. The molecular weight excluding hydrogens is 210 g/mol. The molecule has 0 amide bonds. The Kier molecular flexibility index (Phi) is 4.19. The fourth-order valence-corrected chi connectivity index (χ4v) is 2.21. The largest absolute Gasteiger partial charge is 0.316 e. The second kappa shape index (κ2) is 5.04. The lowest BCUT2D eigenvalue weighted by atomic mass is 9.82. The Balaban J connectivity index is 3.07. The van der Waals surface area contributed by atoms with Crippen molar-refractivity contribution in [1.82, 2.24) is 5.32 Å². The van der Waals surface area contributed by atoms with E-state index in [4.69, 9.17) is 5.41 Å². The van der Waals surface area contributed by atoms with E-state index in [0.717, 1.165) is 12.0 Å². The lowest BCUT2D eigenvalue weighted by Crippen LogP contribution is -2.46. The van der Waals surface area contributed by atoms with Crippen LogP contribution in [0.5, 0.6) is 0 Å². The van der Waals surface area contributed by atoms with Crippen molar-refractivity contribution in [3.05, 3.63) is 11.1 Å². The number of piperidine rings is 1. The van der Waals surface area contributed by atoms with Crippen molar-refractivity contribution in [2.24, 2.45) is 5.92 Å². The van der Waals surface area contributed by atoms with Crippen LogP contribution in [0.3, 0.4) is 0 Å². The van der Waals surface area contributed by atoms with Gasteiger partial charge in [0.2, 0.25) is 0 Å². The van der Waals surface area contributed by atoms with Gasteiger partial charge in [0, 0.05) is 25.2 Å². The molecule has 1 aliphatic heterocycles. The van der Waals surface area contributed by atoms with Gasteiger partial charge in [-0.3, -0.25) is 0 Å². The lowest BCUT2D eigenvalue weighted by Gasteiger charge is -2.34. The highest BCUT2D eigenvalue weighted by Gasteiger charge is 2.44. The fraction of sp³-hybridized carbons (Fsp3) is 0.750. The van der Waals surface area contributed by atoms with Crippen LogP contribution in [0.2, 0.25) is 0 Å². The lowest BCUT2D eigenvalue weighted by molar-refractivity contribution is -0.0627. The van der Waals surface area contributed by atoms with Crippen LogP contribution in [-0.2, 0) is 0 Å². The summed E-state index contributed by atoms with van der Waals surface area (Å²) in [4.78, 5) is 0. The Bertz CT molecular complexity index is 308. The molecule has 1 rings (SSSR count). The summed E-state index contributed by atoms with van der Waals surface area (Å²) in [7, 11) is 0. The first kappa shape index (κ1) is 13.3. The molecule has 1 atom stereocenters. The SMILES string of the molecule is CCC(C)=C(C(C)=N)C1CNCCC1(F)F. The Hall–Kier alpha value is -0.770. The minimum atomic E-state index is -2.68. The number of allylic oxidation sites excluding steroid dienone is 1. The first-order chi connectivity index (χ1) is 7.40. The zero-order chi connectivity index (χ0) is 12.3. The van der Waals surface area contributed by atoms with Crippen LogP contribution in [0.1, 0.15) is 33.6 Å². The van der Waals surface area contributed by atoms with Gasteiger partial charge in [0.05, 0.1) is 5.92 Å². The minimum absolute atomic E-state index is 0.133. The third-order valence-corrected chi connectivity index (χ3v) is 3.24. The topological polar surface area (TPSA) is 35.9 Å². The van der Waals surface area contributed by atoms with Gasteiger partial charge in [0.25, 0.3) is 5.92 Å². The number of hydrogen-bond donors (Lipinski definition) is 2. The molecule has 1 heterocycles. The van der Waals surface area contributed by atoms with Crippen molar-refractivity contribution in [3.8, 4) is 0 Å². The molecule has 1 unspecified atom stereocenters. The van der Waals surface area contributed by atoms with Crippen LogP contribution in [-0.4, -0.2) is 24.7 Å². The van der Waals surface area contributed by atoms with Crippen LogP contribution in [0.15, 0.2) is 11.1 Å². The first-order valence-electron chi connectivity index (χ1n) is 5.73. The molecular formula is C12H20F2N2. The van der Waals surface area contributed by atoms with Crippen molar-refractivity contribution < 1.29 is 8.78 Å². The highest BCUT2D eigenvalue weighted by molar-refractivity contribution is 5.97. The van der Waals surface area contributed by atoms with Gasteiger partial charge in [-0.25, -0.2) is 8.78 Å². The summed E-state index contributed by atoms with van der Waals surface area (Å²) in [6.45, 7) is 6.01. The van der Waals surface area contributed by atoms with Crippen LogP contribution in [0.25, 0.3) is 0 Å². The van der Waals surface area contributed by atoms with E-state index < -0.39 is 11.8 Å². The average Bonchev–Trinajstić information content (AvgIpc) is 2.20. The second-order valence-corrected chi connectivity index (χ2v) is 4.44. The maximum atomic E-state index is 13.8. The molecule has 1 saturated heterocycles. The van der Waals surface area contributed by atoms with E-state index in [1.165, 1.54) is 0 Å². The predicted octanol–water partition coefficient (Wildman–Crippen LogP) is 3.00. The van der Waals surface area contributed by atoms with Crippen molar-refractivity contribution in [2.75, 3.05) is 13.1 Å². The van der Waals surface area contributed by atoms with E-state index in [0.29, 0.717) is 12.1 Å². The molecule has 0 aromatic rings. The smallest absolute Gasteiger partial charge is 0.257 e. The molecule has 0 spiro atoms. The zero-order valence-electron chi connectivity index (χ0n) is 10.2. The Labute approximate surface area is 95.6 Å². The van der Waals surface area contributed by atoms with Gasteiger partial charge in [-0.1, -0.05) is 12.5 Å². The van der Waals surface area contributed by atoms with Crippen molar-refractivity contribution in [3.63, 3.8) is 0 Å². The van der Waals surface area contributed by atoms with Gasteiger partial charge in [-0.05, 0) is 25.8 Å². The summed E-state index contributed by atoms with van der Waals surface area (Å²) < 4.78 is 27.6. The third-order valence-electron chi connectivity index (χ3n) is 3.24. The van der Waals surface area contributed by atoms with E-state index in [2.05, 4.69) is 5.32 Å². The van der Waals surface area contributed by atoms with Crippen molar-refractivity contribution in [1.29, 1.82) is 5.41 Å². The summed E-state index contributed by atoms with van der Waals surface area (Å²) >= 11 is 0. The first-order valence-corrected chi connectivity index (χ1v) is 5.73. The maximum Gasteiger partial charge on any atom is 0.257 e. The Morgan fingerprint density at radius 3 is 2.50 bits per heavy atom. The number of hydrogen-bond acceptors (Lipinski definition) is 2. The van der Waals surface area contributed by atoms with Crippen LogP contribution >= 0.6 is 0 Å². The standard InChI is InChI=1S/C12H20F2N2/c1-4-8(2)11(9(3)15)10-7-16-6-5-12(10,13)14/h10,15-16H,4-7H2,1-3H3.